The van der Waals surface area contributed by atoms with Gasteiger partial charge in [0.25, 0.3) is 30.4 Å². The van der Waals surface area contributed by atoms with Crippen LogP contribution >= 0.6 is 0 Å². The van der Waals surface area contributed by atoms with E-state index in [-0.39, 0.29) is 60.6 Å². The summed E-state index contributed by atoms with van der Waals surface area (Å²) in [6, 6.07) is 24.4. The number of ether oxygens (including phenoxy) is 2. The number of hydrogen-bond acceptors (Lipinski definition) is 16. The van der Waals surface area contributed by atoms with Crippen LogP contribution in [-0.2, 0) is 43.2 Å². The number of benzene rings is 4. The van der Waals surface area contributed by atoms with Gasteiger partial charge in [-0.1, -0.05) is 36.4 Å². The molecule has 0 aliphatic rings. The van der Waals surface area contributed by atoms with Crippen molar-refractivity contribution in [2.24, 2.45) is 20.5 Å². The second-order valence-corrected chi connectivity index (χ2v) is 17.0. The van der Waals surface area contributed by atoms with E-state index in [1.54, 1.807) is 48.5 Å². The highest BCUT2D eigenvalue weighted by molar-refractivity contribution is 7.86. The summed E-state index contributed by atoms with van der Waals surface area (Å²) in [6.07, 6.45) is 0.675. The summed E-state index contributed by atoms with van der Waals surface area (Å²) in [4.78, 5) is 13.3. The molecule has 5 rings (SSSR count). The Balaban J connectivity index is 1.42. The number of aromatic nitrogens is 3. The Hall–Kier alpha value is -5.78. The summed E-state index contributed by atoms with van der Waals surface area (Å²) in [5.41, 5.74) is 2.87. The van der Waals surface area contributed by atoms with Gasteiger partial charge in [-0.25, -0.2) is 4.98 Å². The average Bonchev–Trinajstić information content (AvgIpc) is 3.16. The van der Waals surface area contributed by atoms with Gasteiger partial charge in [0.2, 0.25) is 5.95 Å². The van der Waals surface area contributed by atoms with Crippen LogP contribution in [0.2, 0.25) is 0 Å². The van der Waals surface area contributed by atoms with Crippen molar-refractivity contribution in [3.8, 4) is 11.5 Å². The van der Waals surface area contributed by atoms with Gasteiger partial charge in [0.1, 0.15) is 23.1 Å². The fourth-order valence-electron chi connectivity index (χ4n) is 5.17. The lowest BCUT2D eigenvalue weighted by Gasteiger charge is -2.14. The average molecular weight is 855 g/mol. The molecule has 0 spiro atoms. The zero-order chi connectivity index (χ0) is 41.8. The Morgan fingerprint density at radius 2 is 1.16 bits per heavy atom. The Bertz CT molecular complexity index is 2610. The van der Waals surface area contributed by atoms with Gasteiger partial charge in [-0.2, -0.15) is 55.7 Å². The van der Waals surface area contributed by atoms with E-state index in [1.807, 2.05) is 18.2 Å². The van der Waals surface area contributed by atoms with E-state index in [2.05, 4.69) is 40.7 Å². The molecule has 19 nitrogen and oxygen atoms in total. The van der Waals surface area contributed by atoms with Crippen LogP contribution in [0.5, 0.6) is 11.5 Å². The number of methoxy groups -OCH3 is 1. The lowest BCUT2D eigenvalue weighted by molar-refractivity contribution is 0.306. The maximum Gasteiger partial charge on any atom is 0.294 e. The van der Waals surface area contributed by atoms with Crippen molar-refractivity contribution >= 4 is 59.1 Å². The number of rotatable bonds is 20. The molecule has 0 amide bonds. The quantitative estimate of drug-likeness (QED) is 0.0370. The molecule has 58 heavy (non-hydrogen) atoms. The fourth-order valence-corrected chi connectivity index (χ4v) is 6.62. The first-order valence-corrected chi connectivity index (χ1v) is 22.0. The molecule has 0 fully saturated rings. The molecule has 4 N–H and O–H groups in total. The summed E-state index contributed by atoms with van der Waals surface area (Å²) in [5.74, 6) is 0.288. The van der Waals surface area contributed by atoms with E-state index < -0.39 is 41.9 Å². The largest absolute Gasteiger partial charge is 0.496 e. The molecule has 0 saturated carbocycles. The van der Waals surface area contributed by atoms with Crippen molar-refractivity contribution in [2.75, 3.05) is 37.1 Å². The van der Waals surface area contributed by atoms with E-state index >= 15 is 0 Å². The summed E-state index contributed by atoms with van der Waals surface area (Å²) in [7, 11) is -11.4. The van der Waals surface area contributed by atoms with Crippen molar-refractivity contribution in [3.63, 3.8) is 0 Å². The molecular weight excluding hydrogens is 817 g/mol. The Labute approximate surface area is 334 Å². The minimum absolute atomic E-state index is 0.0288. The Morgan fingerprint density at radius 3 is 1.74 bits per heavy atom. The lowest BCUT2D eigenvalue weighted by Crippen LogP contribution is -2.18. The lowest BCUT2D eigenvalue weighted by atomic mass is 10.1. The Morgan fingerprint density at radius 1 is 0.603 bits per heavy atom. The number of nitrogens with one attached hydrogen (secondary N) is 1. The van der Waals surface area contributed by atoms with Crippen LogP contribution in [0.4, 0.5) is 28.7 Å². The number of unbranched alkanes of at least 4 members (excludes halogenated alkanes) is 1. The normalized spacial score (nSPS) is 12.3. The smallest absolute Gasteiger partial charge is 0.294 e. The molecule has 1 aromatic heterocycles. The third-order valence-electron chi connectivity index (χ3n) is 7.88. The van der Waals surface area contributed by atoms with Crippen LogP contribution in [0.15, 0.2) is 116 Å². The number of nitrogens with zero attached hydrogens (tertiary/aromatic N) is 7. The molecule has 0 unspecified atom stereocenters. The van der Waals surface area contributed by atoms with E-state index in [0.29, 0.717) is 46.1 Å². The van der Waals surface area contributed by atoms with Crippen molar-refractivity contribution in [3.05, 3.63) is 114 Å². The van der Waals surface area contributed by atoms with Crippen molar-refractivity contribution in [1.29, 1.82) is 0 Å². The minimum atomic E-state index is -4.43. The maximum atomic E-state index is 11.5. The number of azo groups is 2. The van der Waals surface area contributed by atoms with Gasteiger partial charge in [0, 0.05) is 42.6 Å². The zero-order valence-electron chi connectivity index (χ0n) is 30.8. The molecule has 0 bridgehead atoms. The standard InChI is InChI=1S/C36H38N8O11S3/c1-54-32-23-29(44-42-28-10-7-11-31(22-28)58(51,52)53)14-12-25(32)20-34-38-35(40-36(39-34)37-16-19-57(48,49)50)21-26-13-15-30(43-41-27-8-3-2-4-9-27)24-33(26)55-17-5-6-18-56(45,46)47/h2-4,7-15,22-24H,5-6,16-21H2,1H3,(H,45,46,47)(H,48,49,50)(H,51,52,53)(H,37,38,39,40). The highest BCUT2D eigenvalue weighted by atomic mass is 32.2. The molecule has 0 aliphatic heterocycles. The van der Waals surface area contributed by atoms with Crippen LogP contribution in [0.25, 0.3) is 0 Å². The number of anilines is 1. The maximum absolute atomic E-state index is 11.5. The van der Waals surface area contributed by atoms with Crippen LogP contribution in [-0.4, -0.2) is 85.6 Å². The fraction of sp³-hybridized carbons (Fsp3) is 0.250. The van der Waals surface area contributed by atoms with Gasteiger partial charge >= 0.3 is 0 Å². The molecule has 4 aromatic carbocycles. The van der Waals surface area contributed by atoms with Crippen molar-refractivity contribution in [2.45, 2.75) is 30.6 Å². The van der Waals surface area contributed by atoms with Gasteiger partial charge in [-0.15, -0.1) is 0 Å². The molecule has 0 aliphatic carbocycles. The third kappa shape index (κ3) is 14.3. The molecule has 306 valence electrons. The van der Waals surface area contributed by atoms with E-state index in [9.17, 15) is 34.4 Å². The summed E-state index contributed by atoms with van der Waals surface area (Å²) >= 11 is 0. The SMILES string of the molecule is COc1cc(N=Nc2cccc(S(=O)(=O)O)c2)ccc1Cc1nc(Cc2ccc(N=Nc3ccccc3)cc2OCCCCS(=O)(=O)O)nc(NCCS(=O)(=O)O)n1. The summed E-state index contributed by atoms with van der Waals surface area (Å²) in [5, 5.41) is 19.6. The van der Waals surface area contributed by atoms with Crippen LogP contribution < -0.4 is 14.8 Å². The number of hydrogen-bond donors (Lipinski definition) is 4. The predicted octanol–water partition coefficient (Wildman–Crippen LogP) is 6.49. The van der Waals surface area contributed by atoms with Crippen LogP contribution in [0.3, 0.4) is 0 Å². The van der Waals surface area contributed by atoms with Gasteiger partial charge in [0.15, 0.2) is 0 Å². The summed E-state index contributed by atoms with van der Waals surface area (Å²) < 4.78 is 108. The topological polar surface area (TPSA) is 282 Å². The molecule has 0 radical (unpaired) electrons. The monoisotopic (exact) mass is 854 g/mol. The molecule has 0 atom stereocenters. The minimum Gasteiger partial charge on any atom is -0.496 e. The Kier molecular flexibility index (Phi) is 14.6. The van der Waals surface area contributed by atoms with Gasteiger partial charge in [-0.3, -0.25) is 13.7 Å². The molecule has 1 heterocycles. The van der Waals surface area contributed by atoms with E-state index in [0.717, 1.165) is 0 Å². The van der Waals surface area contributed by atoms with Gasteiger partial charge in [-0.05, 0) is 55.3 Å². The van der Waals surface area contributed by atoms with Crippen LogP contribution in [0, 0.1) is 0 Å². The predicted molar refractivity (Wildman–Crippen MR) is 212 cm³/mol. The molecule has 5 aromatic rings. The second-order valence-electron chi connectivity index (χ2n) is 12.4. The molecular formula is C36H38N8O11S3. The first kappa shape index (κ1) is 43.3. The first-order chi connectivity index (χ1) is 27.5. The van der Waals surface area contributed by atoms with Crippen molar-refractivity contribution in [1.82, 2.24) is 15.0 Å². The third-order valence-corrected chi connectivity index (χ3v) is 10.3. The summed E-state index contributed by atoms with van der Waals surface area (Å²) in [6.45, 7) is -0.101. The van der Waals surface area contributed by atoms with Gasteiger partial charge in [0.05, 0.1) is 52.9 Å². The second kappa shape index (κ2) is 19.6. The van der Waals surface area contributed by atoms with Crippen molar-refractivity contribution < 1.29 is 48.4 Å². The molecule has 0 saturated heterocycles. The zero-order valence-corrected chi connectivity index (χ0v) is 33.2. The van der Waals surface area contributed by atoms with Gasteiger partial charge < -0.3 is 14.8 Å². The van der Waals surface area contributed by atoms with Crippen LogP contribution in [0.1, 0.15) is 35.6 Å². The van der Waals surface area contributed by atoms with E-state index in [1.165, 1.54) is 31.4 Å². The first-order valence-electron chi connectivity index (χ1n) is 17.3. The molecule has 22 heteroatoms. The highest BCUT2D eigenvalue weighted by Gasteiger charge is 2.16. The van der Waals surface area contributed by atoms with E-state index in [4.69, 9.17) is 14.0 Å². The highest BCUT2D eigenvalue weighted by Crippen LogP contribution is 2.31.